The number of hydrogen-bond acceptors (Lipinski definition) is 4. The average Bonchev–Trinajstić information content (AvgIpc) is 1.98. The van der Waals surface area contributed by atoms with Crippen LogP contribution in [0, 0.1) is 0 Å². The Morgan fingerprint density at radius 1 is 1.45 bits per heavy atom. The molecule has 11 heavy (non-hydrogen) atoms. The van der Waals surface area contributed by atoms with Gasteiger partial charge in [0, 0.05) is 6.54 Å². The van der Waals surface area contributed by atoms with E-state index in [4.69, 9.17) is 16.0 Å². The molecule has 0 spiro atoms. The Labute approximate surface area is 64.2 Å². The number of anilines is 1. The first kappa shape index (κ1) is 7.84. The molecule has 0 bridgehead atoms. The summed E-state index contributed by atoms with van der Waals surface area (Å²) in [5.74, 6) is 0.0617. The SMILES string of the molecule is Nc1cc(CNO)ccc1O. The molecule has 0 saturated heterocycles. The van der Waals surface area contributed by atoms with Gasteiger partial charge in [0.2, 0.25) is 0 Å². The van der Waals surface area contributed by atoms with Crippen LogP contribution in [0.3, 0.4) is 0 Å². The van der Waals surface area contributed by atoms with Gasteiger partial charge in [0.25, 0.3) is 0 Å². The van der Waals surface area contributed by atoms with Crippen LogP contribution in [0.15, 0.2) is 18.2 Å². The normalized spacial score (nSPS) is 9.91. The third-order valence-corrected chi connectivity index (χ3v) is 1.38. The first-order valence-corrected chi connectivity index (χ1v) is 3.18. The molecule has 0 radical (unpaired) electrons. The van der Waals surface area contributed by atoms with Crippen molar-refractivity contribution in [2.24, 2.45) is 0 Å². The van der Waals surface area contributed by atoms with Crippen molar-refractivity contribution in [1.82, 2.24) is 5.48 Å². The van der Waals surface area contributed by atoms with Crippen molar-refractivity contribution in [2.45, 2.75) is 6.54 Å². The zero-order chi connectivity index (χ0) is 8.27. The monoisotopic (exact) mass is 154 g/mol. The molecule has 5 N–H and O–H groups in total. The quantitative estimate of drug-likeness (QED) is 0.283. The van der Waals surface area contributed by atoms with Crippen LogP contribution in [0.25, 0.3) is 0 Å². The molecule has 4 heteroatoms. The van der Waals surface area contributed by atoms with Crippen LogP contribution >= 0.6 is 0 Å². The number of benzene rings is 1. The predicted octanol–water partition coefficient (Wildman–Crippen LogP) is 0.453. The molecule has 0 aromatic heterocycles. The highest BCUT2D eigenvalue weighted by molar-refractivity contribution is 5.53. The van der Waals surface area contributed by atoms with Crippen LogP contribution in [0.4, 0.5) is 5.69 Å². The summed E-state index contributed by atoms with van der Waals surface area (Å²) in [6.07, 6.45) is 0. The molecule has 60 valence electrons. The van der Waals surface area contributed by atoms with Crippen molar-refractivity contribution in [1.29, 1.82) is 0 Å². The number of nitrogen functional groups attached to an aromatic ring is 1. The molecule has 0 aliphatic rings. The molecule has 4 nitrogen and oxygen atoms in total. The lowest BCUT2D eigenvalue weighted by Gasteiger charge is -2.01. The summed E-state index contributed by atoms with van der Waals surface area (Å²) in [7, 11) is 0. The van der Waals surface area contributed by atoms with E-state index in [-0.39, 0.29) is 5.75 Å². The number of phenolic OH excluding ortho intramolecular Hbond substituents is 1. The van der Waals surface area contributed by atoms with Crippen LogP contribution in [0.2, 0.25) is 0 Å². The Bertz CT molecular complexity index is 250. The van der Waals surface area contributed by atoms with Crippen LogP contribution in [0.1, 0.15) is 5.56 Å². The summed E-state index contributed by atoms with van der Waals surface area (Å²) in [5.41, 5.74) is 8.52. The van der Waals surface area contributed by atoms with E-state index in [1.165, 1.54) is 6.07 Å². The minimum absolute atomic E-state index is 0.0617. The highest BCUT2D eigenvalue weighted by atomic mass is 16.5. The summed E-state index contributed by atoms with van der Waals surface area (Å²) in [6, 6.07) is 4.76. The third-order valence-electron chi connectivity index (χ3n) is 1.38. The summed E-state index contributed by atoms with van der Waals surface area (Å²) >= 11 is 0. The van der Waals surface area contributed by atoms with Crippen molar-refractivity contribution in [3.8, 4) is 5.75 Å². The number of hydroxylamine groups is 1. The van der Waals surface area contributed by atoms with Crippen LogP contribution in [-0.4, -0.2) is 10.3 Å². The summed E-state index contributed by atoms with van der Waals surface area (Å²) < 4.78 is 0. The van der Waals surface area contributed by atoms with Gasteiger partial charge in [-0.15, -0.1) is 0 Å². The minimum Gasteiger partial charge on any atom is -0.506 e. The lowest BCUT2D eigenvalue weighted by molar-refractivity contribution is 0.161. The second-order valence-electron chi connectivity index (χ2n) is 2.23. The van der Waals surface area contributed by atoms with Gasteiger partial charge in [0.1, 0.15) is 5.75 Å². The fourth-order valence-corrected chi connectivity index (χ4v) is 0.805. The Kier molecular flexibility index (Phi) is 2.30. The molecule has 0 aliphatic heterocycles. The molecule has 0 amide bonds. The maximum Gasteiger partial charge on any atom is 0.138 e. The lowest BCUT2D eigenvalue weighted by Crippen LogP contribution is -2.06. The highest BCUT2D eigenvalue weighted by Gasteiger charge is 1.96. The van der Waals surface area contributed by atoms with Crippen LogP contribution in [-0.2, 0) is 6.54 Å². The number of aromatic hydroxyl groups is 1. The fourth-order valence-electron chi connectivity index (χ4n) is 0.805. The topological polar surface area (TPSA) is 78.5 Å². The Balaban J connectivity index is 2.86. The number of phenols is 1. The molecule has 0 aliphatic carbocycles. The van der Waals surface area contributed by atoms with Gasteiger partial charge in [-0.05, 0) is 17.7 Å². The second kappa shape index (κ2) is 3.23. The third kappa shape index (κ3) is 1.83. The smallest absolute Gasteiger partial charge is 0.138 e. The second-order valence-corrected chi connectivity index (χ2v) is 2.23. The summed E-state index contributed by atoms with van der Waals surface area (Å²) in [5, 5.41) is 17.3. The molecule has 1 aromatic carbocycles. The summed E-state index contributed by atoms with van der Waals surface area (Å²) in [4.78, 5) is 0. The first-order valence-electron chi connectivity index (χ1n) is 3.18. The molecule has 1 rings (SSSR count). The van der Waals surface area contributed by atoms with Crippen molar-refractivity contribution in [3.63, 3.8) is 0 Å². The number of hydrogen-bond donors (Lipinski definition) is 4. The summed E-state index contributed by atoms with van der Waals surface area (Å²) in [6.45, 7) is 0.324. The zero-order valence-corrected chi connectivity index (χ0v) is 5.91. The van der Waals surface area contributed by atoms with Gasteiger partial charge in [0.15, 0.2) is 0 Å². The van der Waals surface area contributed by atoms with Gasteiger partial charge in [-0.2, -0.15) is 0 Å². The van der Waals surface area contributed by atoms with Crippen molar-refractivity contribution < 1.29 is 10.3 Å². The minimum atomic E-state index is 0.0617. The molecule has 0 atom stereocenters. The van der Waals surface area contributed by atoms with Crippen LogP contribution < -0.4 is 11.2 Å². The van der Waals surface area contributed by atoms with Crippen LogP contribution in [0.5, 0.6) is 5.75 Å². The number of rotatable bonds is 2. The maximum atomic E-state index is 9.00. The van der Waals surface area contributed by atoms with E-state index in [1.54, 1.807) is 12.1 Å². The number of nitrogens with two attached hydrogens (primary N) is 1. The molecule has 0 unspecified atom stereocenters. The molecule has 0 saturated carbocycles. The van der Waals surface area contributed by atoms with E-state index < -0.39 is 0 Å². The predicted molar refractivity (Wildman–Crippen MR) is 41.1 cm³/mol. The molecular weight excluding hydrogens is 144 g/mol. The van der Waals surface area contributed by atoms with Gasteiger partial charge in [-0.3, -0.25) is 0 Å². The Morgan fingerprint density at radius 2 is 2.18 bits per heavy atom. The van der Waals surface area contributed by atoms with Crippen molar-refractivity contribution in [3.05, 3.63) is 23.8 Å². The van der Waals surface area contributed by atoms with E-state index in [9.17, 15) is 0 Å². The molecular formula is C7H10N2O2. The average molecular weight is 154 g/mol. The first-order chi connectivity index (χ1) is 5.24. The van der Waals surface area contributed by atoms with Gasteiger partial charge in [-0.25, -0.2) is 5.48 Å². The molecule has 0 heterocycles. The fraction of sp³-hybridized carbons (Fsp3) is 0.143. The standard InChI is InChI=1S/C7H10N2O2/c8-6-3-5(4-9-11)1-2-7(6)10/h1-3,9-11H,4,8H2. The number of nitrogens with one attached hydrogen (secondary N) is 1. The van der Waals surface area contributed by atoms with Gasteiger partial charge in [0.05, 0.1) is 5.69 Å². The lowest BCUT2D eigenvalue weighted by atomic mass is 10.2. The van der Waals surface area contributed by atoms with Gasteiger partial charge in [-0.1, -0.05) is 6.07 Å². The van der Waals surface area contributed by atoms with E-state index in [0.29, 0.717) is 12.2 Å². The van der Waals surface area contributed by atoms with E-state index >= 15 is 0 Å². The van der Waals surface area contributed by atoms with Crippen molar-refractivity contribution in [2.75, 3.05) is 5.73 Å². The molecule has 1 aromatic rings. The van der Waals surface area contributed by atoms with E-state index in [2.05, 4.69) is 0 Å². The molecule has 0 fully saturated rings. The highest BCUT2D eigenvalue weighted by Crippen LogP contribution is 2.19. The van der Waals surface area contributed by atoms with Gasteiger partial charge >= 0.3 is 0 Å². The van der Waals surface area contributed by atoms with Gasteiger partial charge < -0.3 is 16.0 Å². The Morgan fingerprint density at radius 3 is 2.73 bits per heavy atom. The Hall–Kier alpha value is -1.26. The largest absolute Gasteiger partial charge is 0.506 e. The zero-order valence-electron chi connectivity index (χ0n) is 5.91. The van der Waals surface area contributed by atoms with Crippen molar-refractivity contribution >= 4 is 5.69 Å². The van der Waals surface area contributed by atoms with E-state index in [1.807, 2.05) is 5.48 Å². The maximum absolute atomic E-state index is 9.00. The van der Waals surface area contributed by atoms with E-state index in [0.717, 1.165) is 5.56 Å².